The number of methoxy groups -OCH3 is 1. The zero-order valence-corrected chi connectivity index (χ0v) is 19.6. The van der Waals surface area contributed by atoms with Gasteiger partial charge in [-0.15, -0.1) is 0 Å². The molecule has 2 aromatic carbocycles. The number of carbonyl (C=O) groups is 3. The summed E-state index contributed by atoms with van der Waals surface area (Å²) in [5.41, 5.74) is 8.09. The van der Waals surface area contributed by atoms with E-state index in [0.717, 1.165) is 5.56 Å². The summed E-state index contributed by atoms with van der Waals surface area (Å²) >= 11 is 0. The fourth-order valence-corrected chi connectivity index (χ4v) is 4.23. The molecule has 0 radical (unpaired) electrons. The molecule has 0 aromatic heterocycles. The van der Waals surface area contributed by atoms with Crippen LogP contribution in [-0.4, -0.2) is 61.5 Å². The number of hydroxylamine groups is 2. The molecule has 11 heteroatoms. The Morgan fingerprint density at radius 3 is 2.60 bits per heavy atom. The van der Waals surface area contributed by atoms with Crippen LogP contribution < -0.4 is 15.8 Å². The number of amides is 4. The molecule has 0 spiro atoms. The fourth-order valence-electron chi connectivity index (χ4n) is 4.23. The number of nitrogens with zero attached hydrogens (tertiary/aromatic N) is 2. The molecule has 2 bridgehead atoms. The van der Waals surface area contributed by atoms with Gasteiger partial charge in [-0.05, 0) is 28.8 Å². The van der Waals surface area contributed by atoms with Gasteiger partial charge in [-0.1, -0.05) is 30.3 Å². The van der Waals surface area contributed by atoms with Gasteiger partial charge in [-0.2, -0.15) is 5.06 Å². The number of primary amides is 1. The maximum Gasteiger partial charge on any atom is 0.345 e. The van der Waals surface area contributed by atoms with Crippen molar-refractivity contribution in [1.82, 2.24) is 9.96 Å². The molecular weight excluding hydrogens is 456 g/mol. The minimum absolute atomic E-state index is 0.0854. The summed E-state index contributed by atoms with van der Waals surface area (Å²) in [5.74, 6) is -0.683. The van der Waals surface area contributed by atoms with Crippen LogP contribution in [0.2, 0.25) is 0 Å². The Hall–Kier alpha value is -3.67. The average molecular weight is 485 g/mol. The summed E-state index contributed by atoms with van der Waals surface area (Å²) in [7, 11) is 1.57. The molecule has 2 aromatic rings. The van der Waals surface area contributed by atoms with E-state index < -0.39 is 24.0 Å². The SMILES string of the molecule is COCCOCOc1cc2c(cc1NC(C)=O)C(C(N)=O)N1CC2N(OCc2ccccc2)C1=O. The maximum atomic E-state index is 13.2. The molecule has 2 aliphatic rings. The second-order valence-corrected chi connectivity index (χ2v) is 8.16. The lowest BCUT2D eigenvalue weighted by molar-refractivity contribution is -0.141. The van der Waals surface area contributed by atoms with Crippen molar-refractivity contribution in [1.29, 1.82) is 0 Å². The van der Waals surface area contributed by atoms with E-state index in [1.54, 1.807) is 19.2 Å². The minimum Gasteiger partial charge on any atom is -0.465 e. The van der Waals surface area contributed by atoms with Gasteiger partial charge in [-0.3, -0.25) is 14.4 Å². The zero-order chi connectivity index (χ0) is 24.9. The number of benzene rings is 2. The van der Waals surface area contributed by atoms with Crippen LogP contribution >= 0.6 is 0 Å². The van der Waals surface area contributed by atoms with Crippen LogP contribution in [0.15, 0.2) is 42.5 Å². The largest absolute Gasteiger partial charge is 0.465 e. The molecule has 35 heavy (non-hydrogen) atoms. The van der Waals surface area contributed by atoms with Crippen LogP contribution in [0.25, 0.3) is 0 Å². The molecule has 0 saturated carbocycles. The lowest BCUT2D eigenvalue weighted by atomic mass is 9.89. The Morgan fingerprint density at radius 2 is 1.91 bits per heavy atom. The lowest BCUT2D eigenvalue weighted by Gasteiger charge is -2.32. The normalized spacial score (nSPS) is 18.4. The highest BCUT2D eigenvalue weighted by Crippen LogP contribution is 2.47. The first-order valence-electron chi connectivity index (χ1n) is 11.1. The van der Waals surface area contributed by atoms with Gasteiger partial charge in [0, 0.05) is 14.0 Å². The van der Waals surface area contributed by atoms with E-state index in [9.17, 15) is 14.4 Å². The summed E-state index contributed by atoms with van der Waals surface area (Å²) in [5, 5.41) is 3.98. The van der Waals surface area contributed by atoms with E-state index in [4.69, 9.17) is 24.8 Å². The van der Waals surface area contributed by atoms with Crippen LogP contribution in [0.5, 0.6) is 5.75 Å². The Morgan fingerprint density at radius 1 is 1.14 bits per heavy atom. The van der Waals surface area contributed by atoms with Crippen molar-refractivity contribution in [3.05, 3.63) is 59.2 Å². The number of fused-ring (bicyclic) bond motifs is 4. The summed E-state index contributed by atoms with van der Waals surface area (Å²) in [6.07, 6.45) is 0. The molecule has 2 unspecified atom stereocenters. The van der Waals surface area contributed by atoms with Crippen molar-refractivity contribution >= 4 is 23.5 Å². The number of nitrogens with one attached hydrogen (secondary N) is 1. The Balaban J connectivity index is 1.66. The topological polar surface area (TPSA) is 133 Å². The van der Waals surface area contributed by atoms with E-state index in [0.29, 0.717) is 35.8 Å². The third-order valence-electron chi connectivity index (χ3n) is 5.76. The minimum atomic E-state index is -1.02. The fraction of sp³-hybridized carbons (Fsp3) is 0.375. The summed E-state index contributed by atoms with van der Waals surface area (Å²) in [6.45, 7) is 2.40. The van der Waals surface area contributed by atoms with Crippen molar-refractivity contribution < 1.29 is 33.4 Å². The number of carbonyl (C=O) groups excluding carboxylic acids is 3. The van der Waals surface area contributed by atoms with Crippen LogP contribution in [-0.2, 0) is 30.5 Å². The average Bonchev–Trinajstić information content (AvgIpc) is 3.10. The van der Waals surface area contributed by atoms with Gasteiger partial charge in [0.25, 0.3) is 0 Å². The van der Waals surface area contributed by atoms with E-state index in [1.165, 1.54) is 16.9 Å². The summed E-state index contributed by atoms with van der Waals surface area (Å²) in [4.78, 5) is 44.8. The number of hydrogen-bond donors (Lipinski definition) is 2. The standard InChI is InChI=1S/C24H28N4O7/c1-15(29)26-19-10-18-17(11-21(19)34-14-33-9-8-32-2)20-12-27(22(18)23(25)30)24(31)28(20)35-13-16-6-4-3-5-7-16/h3-7,10-11,20,22H,8-9,12-14H2,1-2H3,(H2,25,30)(H,26,29). The number of anilines is 1. The first-order valence-corrected chi connectivity index (χ1v) is 11.1. The first-order chi connectivity index (χ1) is 16.9. The van der Waals surface area contributed by atoms with Gasteiger partial charge >= 0.3 is 6.03 Å². The van der Waals surface area contributed by atoms with Crippen molar-refractivity contribution in [3.63, 3.8) is 0 Å². The molecule has 0 aliphatic carbocycles. The molecule has 1 fully saturated rings. The molecule has 3 N–H and O–H groups in total. The van der Waals surface area contributed by atoms with E-state index in [2.05, 4.69) is 5.32 Å². The van der Waals surface area contributed by atoms with Gasteiger partial charge in [0.2, 0.25) is 11.8 Å². The highest BCUT2D eigenvalue weighted by Gasteiger charge is 2.51. The third kappa shape index (κ3) is 5.21. The van der Waals surface area contributed by atoms with Crippen molar-refractivity contribution in [2.45, 2.75) is 25.6 Å². The van der Waals surface area contributed by atoms with Crippen LogP contribution in [0.4, 0.5) is 10.5 Å². The highest BCUT2D eigenvalue weighted by atomic mass is 16.7. The number of ether oxygens (including phenoxy) is 3. The monoisotopic (exact) mass is 484 g/mol. The van der Waals surface area contributed by atoms with E-state index in [-0.39, 0.29) is 25.9 Å². The molecule has 11 nitrogen and oxygen atoms in total. The highest BCUT2D eigenvalue weighted by molar-refractivity contribution is 5.93. The Bertz CT molecular complexity index is 1090. The van der Waals surface area contributed by atoms with Crippen molar-refractivity contribution in [2.24, 2.45) is 5.73 Å². The number of nitrogens with two attached hydrogens (primary N) is 1. The Labute approximate surface area is 202 Å². The summed E-state index contributed by atoms with van der Waals surface area (Å²) < 4.78 is 16.1. The zero-order valence-electron chi connectivity index (χ0n) is 19.6. The van der Waals surface area contributed by atoms with Gasteiger partial charge in [0.15, 0.2) is 6.79 Å². The van der Waals surface area contributed by atoms with Crippen molar-refractivity contribution in [3.8, 4) is 5.75 Å². The molecule has 4 amide bonds. The van der Waals surface area contributed by atoms with E-state index in [1.807, 2.05) is 30.3 Å². The van der Waals surface area contributed by atoms with Gasteiger partial charge < -0.3 is 30.2 Å². The number of rotatable bonds is 11. The summed E-state index contributed by atoms with van der Waals surface area (Å²) in [6, 6.07) is 10.8. The molecule has 2 aliphatic heterocycles. The van der Waals surface area contributed by atoms with Crippen LogP contribution in [0.1, 0.15) is 35.7 Å². The smallest absolute Gasteiger partial charge is 0.345 e. The predicted molar refractivity (Wildman–Crippen MR) is 124 cm³/mol. The first kappa shape index (κ1) is 24.5. The second-order valence-electron chi connectivity index (χ2n) is 8.16. The van der Waals surface area contributed by atoms with E-state index >= 15 is 0 Å². The lowest BCUT2D eigenvalue weighted by Crippen LogP contribution is -2.41. The van der Waals surface area contributed by atoms with Crippen LogP contribution in [0.3, 0.4) is 0 Å². The van der Waals surface area contributed by atoms with Crippen LogP contribution in [0, 0.1) is 0 Å². The third-order valence-corrected chi connectivity index (χ3v) is 5.76. The maximum absolute atomic E-state index is 13.2. The molecule has 186 valence electrons. The predicted octanol–water partition coefficient (Wildman–Crippen LogP) is 2.09. The molecule has 2 heterocycles. The molecule has 1 saturated heterocycles. The van der Waals surface area contributed by atoms with Gasteiger partial charge in [-0.25, -0.2) is 4.79 Å². The number of hydrogen-bond acceptors (Lipinski definition) is 7. The van der Waals surface area contributed by atoms with Gasteiger partial charge in [0.05, 0.1) is 25.4 Å². The second kappa shape index (κ2) is 10.7. The molecule has 2 atom stereocenters. The molecule has 4 rings (SSSR count). The quantitative estimate of drug-likeness (QED) is 0.369. The van der Waals surface area contributed by atoms with Crippen molar-refractivity contribution in [2.75, 3.05) is 39.0 Å². The molecular formula is C24H28N4O7. The van der Waals surface area contributed by atoms with Gasteiger partial charge in [0.1, 0.15) is 24.4 Å². The Kier molecular flexibility index (Phi) is 7.49. The number of urea groups is 1.